The predicted molar refractivity (Wildman–Crippen MR) is 47.1 cm³/mol. The lowest BCUT2D eigenvalue weighted by molar-refractivity contribution is -0.129. The summed E-state index contributed by atoms with van der Waals surface area (Å²) in [6, 6.07) is 0. The molecule has 2 rings (SSSR count). The van der Waals surface area contributed by atoms with E-state index in [0.717, 1.165) is 12.2 Å². The van der Waals surface area contributed by atoms with Crippen LogP contribution in [0, 0.1) is 0 Å². The van der Waals surface area contributed by atoms with Gasteiger partial charge in [-0.25, -0.2) is 4.98 Å². The Morgan fingerprint density at radius 2 is 2.54 bits per heavy atom. The normalized spacial score (nSPS) is 29.1. The van der Waals surface area contributed by atoms with E-state index in [-0.39, 0.29) is 0 Å². The van der Waals surface area contributed by atoms with Gasteiger partial charge in [-0.05, 0) is 6.42 Å². The zero-order chi connectivity index (χ0) is 9.26. The van der Waals surface area contributed by atoms with Gasteiger partial charge in [-0.3, -0.25) is 0 Å². The zero-order valence-electron chi connectivity index (χ0n) is 7.68. The maximum atomic E-state index is 9.31. The van der Waals surface area contributed by atoms with Crippen molar-refractivity contribution in [2.45, 2.75) is 25.0 Å². The van der Waals surface area contributed by atoms with Crippen molar-refractivity contribution in [1.29, 1.82) is 0 Å². The number of aliphatic hydroxyl groups is 1. The highest BCUT2D eigenvalue weighted by atomic mass is 16.6. The van der Waals surface area contributed by atoms with Crippen molar-refractivity contribution in [3.63, 3.8) is 0 Å². The summed E-state index contributed by atoms with van der Waals surface area (Å²) >= 11 is 0. The smallest absolute Gasteiger partial charge is 0.155 e. The van der Waals surface area contributed by atoms with Crippen LogP contribution in [0.4, 0.5) is 0 Å². The Morgan fingerprint density at radius 1 is 1.69 bits per heavy atom. The van der Waals surface area contributed by atoms with Crippen LogP contribution in [0.5, 0.6) is 0 Å². The molecule has 1 fully saturated rings. The molecular formula is C9H14N2O2. The van der Waals surface area contributed by atoms with Crippen LogP contribution in [0.3, 0.4) is 0 Å². The lowest BCUT2D eigenvalue weighted by Gasteiger charge is -2.25. The third-order valence-electron chi connectivity index (χ3n) is 2.49. The number of aryl methyl sites for hydroxylation is 1. The molecule has 1 saturated heterocycles. The Kier molecular flexibility index (Phi) is 2.33. The minimum absolute atomic E-state index is 0.337. The molecule has 1 aromatic heterocycles. The second-order valence-electron chi connectivity index (χ2n) is 3.44. The monoisotopic (exact) mass is 182 g/mol. The number of rotatable bonds is 1. The molecule has 1 aliphatic rings. The zero-order valence-corrected chi connectivity index (χ0v) is 7.68. The molecule has 1 N–H and O–H groups in total. The molecule has 1 aliphatic heterocycles. The summed E-state index contributed by atoms with van der Waals surface area (Å²) < 4.78 is 7.07. The number of imidazole rings is 1. The van der Waals surface area contributed by atoms with Gasteiger partial charge < -0.3 is 14.4 Å². The van der Waals surface area contributed by atoms with Crippen molar-refractivity contribution in [2.75, 3.05) is 6.61 Å². The molecule has 72 valence electrons. The average Bonchev–Trinajstić information content (AvgIpc) is 2.51. The summed E-state index contributed by atoms with van der Waals surface area (Å²) in [5, 5.41) is 9.31. The molecule has 0 spiro atoms. The van der Waals surface area contributed by atoms with Crippen LogP contribution >= 0.6 is 0 Å². The second kappa shape index (κ2) is 3.47. The van der Waals surface area contributed by atoms with E-state index in [1.165, 1.54) is 0 Å². The molecule has 0 aromatic carbocycles. The Bertz CT molecular complexity index is 285. The number of nitrogens with zero attached hydrogens (tertiary/aromatic N) is 2. The summed E-state index contributed by atoms with van der Waals surface area (Å²) in [6.45, 7) is 0.624. The van der Waals surface area contributed by atoms with Gasteiger partial charge in [-0.15, -0.1) is 0 Å². The molecule has 4 heteroatoms. The summed E-state index contributed by atoms with van der Waals surface area (Å²) in [7, 11) is 1.98. The molecule has 0 radical (unpaired) electrons. The number of hydrogen-bond acceptors (Lipinski definition) is 3. The third kappa shape index (κ3) is 1.73. The first-order chi connectivity index (χ1) is 6.27. The van der Waals surface area contributed by atoms with Crippen LogP contribution in [-0.2, 0) is 11.8 Å². The van der Waals surface area contributed by atoms with E-state index >= 15 is 0 Å². The van der Waals surface area contributed by atoms with Gasteiger partial charge in [0.25, 0.3) is 0 Å². The van der Waals surface area contributed by atoms with Gasteiger partial charge in [0.05, 0.1) is 6.61 Å². The third-order valence-corrected chi connectivity index (χ3v) is 2.49. The highest BCUT2D eigenvalue weighted by Gasteiger charge is 2.24. The van der Waals surface area contributed by atoms with Gasteiger partial charge in [0.15, 0.2) is 6.29 Å². The van der Waals surface area contributed by atoms with Gasteiger partial charge in [-0.1, -0.05) is 0 Å². The fraction of sp³-hybridized carbons (Fsp3) is 0.667. The van der Waals surface area contributed by atoms with Crippen LogP contribution in [0.25, 0.3) is 0 Å². The topological polar surface area (TPSA) is 47.3 Å². The molecule has 13 heavy (non-hydrogen) atoms. The summed E-state index contributed by atoms with van der Waals surface area (Å²) in [5.74, 6) is 1.38. The second-order valence-corrected chi connectivity index (χ2v) is 3.44. The number of aliphatic hydroxyl groups excluding tert-OH is 1. The molecular weight excluding hydrogens is 168 g/mol. The molecule has 0 amide bonds. The average molecular weight is 182 g/mol. The van der Waals surface area contributed by atoms with Crippen LogP contribution in [0.2, 0.25) is 0 Å². The van der Waals surface area contributed by atoms with Crippen molar-refractivity contribution in [1.82, 2.24) is 9.55 Å². The number of ether oxygens (including phenoxy) is 1. The van der Waals surface area contributed by atoms with Gasteiger partial charge in [0.1, 0.15) is 5.82 Å². The molecule has 0 saturated carbocycles. The highest BCUT2D eigenvalue weighted by molar-refractivity contribution is 5.00. The Morgan fingerprint density at radius 3 is 3.15 bits per heavy atom. The first kappa shape index (κ1) is 8.72. The van der Waals surface area contributed by atoms with Gasteiger partial charge >= 0.3 is 0 Å². The lowest BCUT2D eigenvalue weighted by atomic mass is 9.98. The van der Waals surface area contributed by atoms with Crippen molar-refractivity contribution in [2.24, 2.45) is 7.05 Å². The van der Waals surface area contributed by atoms with Crippen LogP contribution in [-0.4, -0.2) is 27.6 Å². The van der Waals surface area contributed by atoms with E-state index in [1.807, 2.05) is 17.8 Å². The van der Waals surface area contributed by atoms with E-state index in [4.69, 9.17) is 4.74 Å². The summed E-state index contributed by atoms with van der Waals surface area (Å²) in [4.78, 5) is 4.27. The molecule has 0 aliphatic carbocycles. The summed E-state index contributed by atoms with van der Waals surface area (Å²) in [6.07, 6.45) is 4.71. The maximum absolute atomic E-state index is 9.31. The Hall–Kier alpha value is -0.870. The molecule has 2 unspecified atom stereocenters. The molecule has 0 bridgehead atoms. The lowest BCUT2D eigenvalue weighted by Crippen LogP contribution is -2.25. The first-order valence-corrected chi connectivity index (χ1v) is 4.54. The molecule has 4 nitrogen and oxygen atoms in total. The van der Waals surface area contributed by atoms with E-state index in [2.05, 4.69) is 4.98 Å². The van der Waals surface area contributed by atoms with Gasteiger partial charge in [-0.2, -0.15) is 0 Å². The first-order valence-electron chi connectivity index (χ1n) is 4.54. The molecule has 2 heterocycles. The summed E-state index contributed by atoms with van der Waals surface area (Å²) in [5.41, 5.74) is 0. The van der Waals surface area contributed by atoms with Crippen LogP contribution < -0.4 is 0 Å². The van der Waals surface area contributed by atoms with E-state index in [1.54, 1.807) is 6.20 Å². The fourth-order valence-corrected chi connectivity index (χ4v) is 1.78. The Labute approximate surface area is 77.2 Å². The quantitative estimate of drug-likeness (QED) is 0.693. The van der Waals surface area contributed by atoms with Crippen LogP contribution in [0.1, 0.15) is 24.6 Å². The SMILES string of the molecule is Cn1ccnc1C1CCOC(O)C1. The fourth-order valence-electron chi connectivity index (χ4n) is 1.78. The van der Waals surface area contributed by atoms with Gasteiger partial charge in [0, 0.05) is 31.8 Å². The van der Waals surface area contributed by atoms with Gasteiger partial charge in [0.2, 0.25) is 0 Å². The molecule has 2 atom stereocenters. The van der Waals surface area contributed by atoms with E-state index in [0.29, 0.717) is 18.9 Å². The minimum Gasteiger partial charge on any atom is -0.368 e. The van der Waals surface area contributed by atoms with E-state index < -0.39 is 6.29 Å². The van der Waals surface area contributed by atoms with Crippen molar-refractivity contribution >= 4 is 0 Å². The molecule has 1 aromatic rings. The van der Waals surface area contributed by atoms with Crippen LogP contribution in [0.15, 0.2) is 12.4 Å². The minimum atomic E-state index is -0.615. The standard InChI is InChI=1S/C9H14N2O2/c1-11-4-3-10-9(11)7-2-5-13-8(12)6-7/h3-4,7-8,12H,2,5-6H2,1H3. The predicted octanol–water partition coefficient (Wildman–Crippen LogP) is 0.632. The highest BCUT2D eigenvalue weighted by Crippen LogP contribution is 2.27. The van der Waals surface area contributed by atoms with Crippen molar-refractivity contribution in [3.05, 3.63) is 18.2 Å². The number of hydrogen-bond donors (Lipinski definition) is 1. The van der Waals surface area contributed by atoms with E-state index in [9.17, 15) is 5.11 Å². The Balaban J connectivity index is 2.12. The number of aromatic nitrogens is 2. The maximum Gasteiger partial charge on any atom is 0.155 e. The van der Waals surface area contributed by atoms with Crippen molar-refractivity contribution < 1.29 is 9.84 Å². The van der Waals surface area contributed by atoms with Crippen molar-refractivity contribution in [3.8, 4) is 0 Å². The largest absolute Gasteiger partial charge is 0.368 e.